The largest absolute Gasteiger partial charge is 0.298 e. The molecule has 5 heteroatoms. The number of halogens is 4. The zero-order valence-corrected chi connectivity index (χ0v) is 10.0. The number of benzene rings is 1. The van der Waals surface area contributed by atoms with E-state index in [1.807, 2.05) is 0 Å². The number of ketones is 1. The van der Waals surface area contributed by atoms with Gasteiger partial charge in [0.05, 0.1) is 0 Å². The fraction of sp³-hybridized carbons (Fsp3) is 0.364. The third kappa shape index (κ3) is 2.92. The van der Waals surface area contributed by atoms with Crippen LogP contribution in [0.4, 0.5) is 8.78 Å². The van der Waals surface area contributed by atoms with E-state index >= 15 is 0 Å². The van der Waals surface area contributed by atoms with Crippen LogP contribution in [0, 0.1) is 0 Å². The average Bonchev–Trinajstić information content (AvgIpc) is 2.26. The first-order valence-corrected chi connectivity index (χ1v) is 5.55. The third-order valence-electron chi connectivity index (χ3n) is 2.19. The summed E-state index contributed by atoms with van der Waals surface area (Å²) in [7, 11) is 0. The SMILES string of the molecule is CC(=O)C(Cl)c1ccc(C(F)F)cc1CCl. The number of carbonyl (C=O) groups excluding carboxylic acids is 1. The van der Waals surface area contributed by atoms with E-state index in [9.17, 15) is 13.6 Å². The first kappa shape index (κ1) is 13.4. The summed E-state index contributed by atoms with van der Waals surface area (Å²) in [4.78, 5) is 11.1. The molecule has 0 amide bonds. The van der Waals surface area contributed by atoms with Crippen molar-refractivity contribution in [1.82, 2.24) is 0 Å². The van der Waals surface area contributed by atoms with Gasteiger partial charge in [0.25, 0.3) is 6.43 Å². The normalized spacial score (nSPS) is 12.9. The maximum absolute atomic E-state index is 12.4. The van der Waals surface area contributed by atoms with Gasteiger partial charge in [-0.1, -0.05) is 12.1 Å². The van der Waals surface area contributed by atoms with Gasteiger partial charge in [0.15, 0.2) is 5.78 Å². The number of Topliss-reactive ketones (excluding diaryl/α,β-unsaturated/α-hetero) is 1. The van der Waals surface area contributed by atoms with E-state index in [4.69, 9.17) is 23.2 Å². The van der Waals surface area contributed by atoms with Crippen molar-refractivity contribution in [2.24, 2.45) is 0 Å². The van der Waals surface area contributed by atoms with Gasteiger partial charge >= 0.3 is 0 Å². The maximum atomic E-state index is 12.4. The molecule has 1 rings (SSSR count). The van der Waals surface area contributed by atoms with E-state index in [2.05, 4.69) is 0 Å². The van der Waals surface area contributed by atoms with Gasteiger partial charge in [-0.15, -0.1) is 23.2 Å². The van der Waals surface area contributed by atoms with Gasteiger partial charge in [-0.3, -0.25) is 4.79 Å². The Labute approximate surface area is 102 Å². The lowest BCUT2D eigenvalue weighted by atomic mass is 10.0. The van der Waals surface area contributed by atoms with Crippen LogP contribution < -0.4 is 0 Å². The highest BCUT2D eigenvalue weighted by Crippen LogP contribution is 2.29. The Morgan fingerprint density at radius 3 is 2.50 bits per heavy atom. The topological polar surface area (TPSA) is 17.1 Å². The van der Waals surface area contributed by atoms with E-state index in [0.717, 1.165) is 0 Å². The Morgan fingerprint density at radius 2 is 2.06 bits per heavy atom. The molecule has 16 heavy (non-hydrogen) atoms. The molecule has 1 aromatic rings. The van der Waals surface area contributed by atoms with Gasteiger partial charge in [-0.05, 0) is 24.1 Å². The van der Waals surface area contributed by atoms with Crippen LogP contribution in [-0.4, -0.2) is 5.78 Å². The Bertz CT molecular complexity index is 394. The summed E-state index contributed by atoms with van der Waals surface area (Å²) in [5, 5.41) is -0.833. The van der Waals surface area contributed by atoms with E-state index in [1.165, 1.54) is 25.1 Å². The monoisotopic (exact) mass is 266 g/mol. The number of alkyl halides is 4. The molecule has 0 fully saturated rings. The molecule has 1 atom stereocenters. The van der Waals surface area contributed by atoms with Gasteiger partial charge in [-0.25, -0.2) is 8.78 Å². The second-order valence-electron chi connectivity index (χ2n) is 3.37. The van der Waals surface area contributed by atoms with Crippen LogP contribution >= 0.6 is 23.2 Å². The molecule has 0 heterocycles. The lowest BCUT2D eigenvalue weighted by Gasteiger charge is -2.12. The molecule has 0 saturated carbocycles. The quantitative estimate of drug-likeness (QED) is 0.746. The van der Waals surface area contributed by atoms with Gasteiger partial charge in [0.2, 0.25) is 0 Å². The lowest BCUT2D eigenvalue weighted by molar-refractivity contribution is -0.116. The molecular weight excluding hydrogens is 257 g/mol. The second-order valence-corrected chi connectivity index (χ2v) is 4.07. The molecule has 1 nitrogen and oxygen atoms in total. The minimum atomic E-state index is -2.55. The average molecular weight is 267 g/mol. The maximum Gasteiger partial charge on any atom is 0.263 e. The summed E-state index contributed by atoms with van der Waals surface area (Å²) in [5.41, 5.74) is 0.843. The van der Waals surface area contributed by atoms with Crippen LogP contribution in [0.2, 0.25) is 0 Å². The number of rotatable bonds is 4. The minimum Gasteiger partial charge on any atom is -0.298 e. The fourth-order valence-electron chi connectivity index (χ4n) is 1.34. The molecule has 0 spiro atoms. The van der Waals surface area contributed by atoms with Crippen LogP contribution in [0.15, 0.2) is 18.2 Å². The van der Waals surface area contributed by atoms with Crippen molar-refractivity contribution in [3.8, 4) is 0 Å². The summed E-state index contributed by atoms with van der Waals surface area (Å²) in [6, 6.07) is 3.97. The van der Waals surface area contributed by atoms with Crippen molar-refractivity contribution in [1.29, 1.82) is 0 Å². The van der Waals surface area contributed by atoms with Crippen LogP contribution in [-0.2, 0) is 10.7 Å². The Morgan fingerprint density at radius 1 is 1.44 bits per heavy atom. The standard InChI is InChI=1S/C11H10Cl2F2O/c1-6(16)10(13)9-3-2-7(11(14)15)4-8(9)5-12/h2-4,10-11H,5H2,1H3. The molecule has 0 aliphatic heterocycles. The van der Waals surface area contributed by atoms with Gasteiger partial charge in [-0.2, -0.15) is 0 Å². The van der Waals surface area contributed by atoms with E-state index < -0.39 is 11.8 Å². The molecule has 1 unspecified atom stereocenters. The predicted octanol–water partition coefficient (Wildman–Crippen LogP) is 4.23. The van der Waals surface area contributed by atoms with Crippen molar-refractivity contribution in [3.05, 3.63) is 34.9 Å². The van der Waals surface area contributed by atoms with E-state index in [0.29, 0.717) is 11.1 Å². The Kier molecular flexibility index (Phi) is 4.69. The molecule has 1 aromatic carbocycles. The lowest BCUT2D eigenvalue weighted by Crippen LogP contribution is -2.05. The molecule has 0 N–H and O–H groups in total. The Hall–Kier alpha value is -0.670. The van der Waals surface area contributed by atoms with Gasteiger partial charge in [0, 0.05) is 11.4 Å². The summed E-state index contributed by atoms with van der Waals surface area (Å²) in [6.45, 7) is 1.34. The first-order valence-electron chi connectivity index (χ1n) is 4.58. The molecular formula is C11H10Cl2F2O. The minimum absolute atomic E-state index is 0.0480. The fourth-order valence-corrected chi connectivity index (χ4v) is 1.79. The number of carbonyl (C=O) groups is 1. The van der Waals surface area contributed by atoms with Crippen molar-refractivity contribution in [2.45, 2.75) is 24.6 Å². The van der Waals surface area contributed by atoms with Gasteiger partial charge < -0.3 is 0 Å². The molecule has 0 aliphatic rings. The summed E-state index contributed by atoms with van der Waals surface area (Å²) < 4.78 is 24.9. The predicted molar refractivity (Wildman–Crippen MR) is 60.2 cm³/mol. The smallest absolute Gasteiger partial charge is 0.263 e. The van der Waals surface area contributed by atoms with E-state index in [1.54, 1.807) is 0 Å². The second kappa shape index (κ2) is 5.60. The summed E-state index contributed by atoms with van der Waals surface area (Å²) >= 11 is 11.5. The van der Waals surface area contributed by atoms with Crippen LogP contribution in [0.3, 0.4) is 0 Å². The molecule has 0 bridgehead atoms. The molecule has 0 saturated heterocycles. The molecule has 0 radical (unpaired) electrons. The van der Waals surface area contributed by atoms with E-state index in [-0.39, 0.29) is 17.2 Å². The third-order valence-corrected chi connectivity index (χ3v) is 3.02. The molecule has 0 aromatic heterocycles. The zero-order chi connectivity index (χ0) is 12.3. The van der Waals surface area contributed by atoms with Crippen molar-refractivity contribution in [2.75, 3.05) is 0 Å². The zero-order valence-electron chi connectivity index (χ0n) is 8.51. The van der Waals surface area contributed by atoms with Crippen molar-refractivity contribution < 1.29 is 13.6 Å². The highest BCUT2D eigenvalue weighted by molar-refractivity contribution is 6.31. The van der Waals surface area contributed by atoms with Crippen LogP contribution in [0.5, 0.6) is 0 Å². The molecule has 0 aliphatic carbocycles. The summed E-state index contributed by atoms with van der Waals surface area (Å²) in [6.07, 6.45) is -2.55. The van der Waals surface area contributed by atoms with Crippen LogP contribution in [0.1, 0.15) is 35.4 Å². The first-order chi connectivity index (χ1) is 7.47. The number of hydrogen-bond donors (Lipinski definition) is 0. The van der Waals surface area contributed by atoms with Crippen molar-refractivity contribution in [3.63, 3.8) is 0 Å². The molecule has 88 valence electrons. The Balaban J connectivity index is 3.16. The highest BCUT2D eigenvalue weighted by atomic mass is 35.5. The number of hydrogen-bond acceptors (Lipinski definition) is 1. The highest BCUT2D eigenvalue weighted by Gasteiger charge is 2.18. The summed E-state index contributed by atoms with van der Waals surface area (Å²) in [5.74, 6) is -0.190. The van der Waals surface area contributed by atoms with Crippen molar-refractivity contribution >= 4 is 29.0 Å². The van der Waals surface area contributed by atoms with Gasteiger partial charge in [0.1, 0.15) is 5.38 Å². The van der Waals surface area contributed by atoms with Crippen LogP contribution in [0.25, 0.3) is 0 Å².